The van der Waals surface area contributed by atoms with Crippen LogP contribution in [0.5, 0.6) is 5.75 Å². The van der Waals surface area contributed by atoms with Gasteiger partial charge in [0.2, 0.25) is 41.4 Å². The minimum atomic E-state index is -1.80. The lowest BCUT2D eigenvalue weighted by atomic mass is 9.94. The zero-order valence-electron chi connectivity index (χ0n) is 41.5. The van der Waals surface area contributed by atoms with Crippen molar-refractivity contribution in [3.8, 4) is 5.75 Å². The van der Waals surface area contributed by atoms with Crippen LogP contribution in [0.15, 0.2) is 18.2 Å². The molecule has 10 N–H and O–H groups in total. The largest absolute Gasteiger partial charge is 0.506 e. The number of hydrogen-bond donors (Lipinski definition) is 9. The molecule has 7 amide bonds. The van der Waals surface area contributed by atoms with Gasteiger partial charge in [-0.1, -0.05) is 71.5 Å². The van der Waals surface area contributed by atoms with Crippen molar-refractivity contribution in [1.29, 1.82) is 0 Å². The number of halogens is 1. The van der Waals surface area contributed by atoms with Crippen LogP contribution in [0.4, 0.5) is 0 Å². The second kappa shape index (κ2) is 28.3. The van der Waals surface area contributed by atoms with Crippen molar-refractivity contribution in [3.05, 3.63) is 28.8 Å². The number of nitrogens with one attached hydrogen (secondary N) is 5. The Bertz CT molecular complexity index is 2010. The molecule has 0 aliphatic carbocycles. The van der Waals surface area contributed by atoms with Gasteiger partial charge in [0.05, 0.1) is 5.02 Å². The third kappa shape index (κ3) is 17.1. The molecule has 0 spiro atoms. The number of aliphatic carboxylic acids is 1. The van der Waals surface area contributed by atoms with Gasteiger partial charge in [-0.15, -0.1) is 0 Å². The molecule has 70 heavy (non-hydrogen) atoms. The van der Waals surface area contributed by atoms with E-state index >= 15 is 0 Å². The third-order valence-corrected chi connectivity index (χ3v) is 13.1. The highest BCUT2D eigenvalue weighted by atomic mass is 35.5. The first-order valence-corrected chi connectivity index (χ1v) is 24.8. The van der Waals surface area contributed by atoms with Gasteiger partial charge in [0.15, 0.2) is 0 Å². The van der Waals surface area contributed by atoms with Gasteiger partial charge < -0.3 is 62.2 Å². The zero-order valence-corrected chi connectivity index (χ0v) is 42.2. The number of amides is 7. The van der Waals surface area contributed by atoms with Crippen LogP contribution in [0.25, 0.3) is 0 Å². The van der Waals surface area contributed by atoms with Gasteiger partial charge in [-0.05, 0) is 94.4 Å². The lowest BCUT2D eigenvalue weighted by molar-refractivity contribution is -0.166. The zero-order chi connectivity index (χ0) is 52.4. The number of aliphatic hydroxyl groups excluding tert-OH is 1. The van der Waals surface area contributed by atoms with Crippen molar-refractivity contribution < 1.29 is 63.2 Å². The van der Waals surface area contributed by atoms with Crippen molar-refractivity contribution >= 4 is 64.9 Å². The summed E-state index contributed by atoms with van der Waals surface area (Å²) in [5, 5.41) is 44.2. The number of ether oxygens (including phenoxy) is 1. The topological polar surface area (TPSA) is 316 Å². The molecule has 3 rings (SSSR count). The Labute approximate surface area is 415 Å². The van der Waals surface area contributed by atoms with Gasteiger partial charge in [-0.25, -0.2) is 4.79 Å². The predicted molar refractivity (Wildman–Crippen MR) is 257 cm³/mol. The monoisotopic (exact) mass is 1010 g/mol. The summed E-state index contributed by atoms with van der Waals surface area (Å²) in [6.45, 7) is 10.5. The SMILES string of the molecule is CCCCCC(=O)NC(CCC(=O)O)C(=O)NC1C(=O)NC(CCCCN)C(=O)NC2CCC(O)N(C2=O)C(CC(C)C)C(=O)N(C)C(Cc2ccc(O)c(Cl)c2)C(=O)NC(C(C)CC)C(=O)OC1C. The third-order valence-electron chi connectivity index (χ3n) is 12.8. The van der Waals surface area contributed by atoms with Gasteiger partial charge in [0.25, 0.3) is 0 Å². The molecule has 0 aromatic heterocycles. The Morgan fingerprint density at radius 1 is 0.914 bits per heavy atom. The summed E-state index contributed by atoms with van der Waals surface area (Å²) >= 11 is 6.26. The van der Waals surface area contributed by atoms with E-state index in [0.717, 1.165) is 22.6 Å². The highest BCUT2D eigenvalue weighted by Crippen LogP contribution is 2.28. The number of carboxylic acids is 1. The molecular weight excluding hydrogens is 932 g/mol. The molecular formula is C48H75ClN8O13. The molecule has 10 unspecified atom stereocenters. The van der Waals surface area contributed by atoms with E-state index in [2.05, 4.69) is 26.6 Å². The summed E-state index contributed by atoms with van der Waals surface area (Å²) in [5.41, 5.74) is 6.17. The Hall–Kier alpha value is -5.54. The number of nitrogens with zero attached hydrogens (tertiary/aromatic N) is 2. The van der Waals surface area contributed by atoms with Crippen LogP contribution < -0.4 is 32.3 Å². The molecule has 2 aliphatic rings. The first kappa shape index (κ1) is 58.8. The molecule has 2 saturated heterocycles. The number of piperidine rings is 1. The Balaban J connectivity index is 2.26. The predicted octanol–water partition coefficient (Wildman–Crippen LogP) is 1.76. The minimum absolute atomic E-state index is 0.0130. The number of cyclic esters (lactones) is 1. The molecule has 10 atom stereocenters. The first-order chi connectivity index (χ1) is 33.0. The average molecular weight is 1010 g/mol. The van der Waals surface area contributed by atoms with Gasteiger partial charge >= 0.3 is 11.9 Å². The van der Waals surface area contributed by atoms with Crippen LogP contribution in [0.1, 0.15) is 131 Å². The highest BCUT2D eigenvalue weighted by molar-refractivity contribution is 6.32. The maximum Gasteiger partial charge on any atom is 0.329 e. The standard InChI is InChI=1S/C48H75ClN8O13/c1-8-10-11-15-37(59)51-32(18-21-39(61)62)43(64)55-41-28(6)70-48(69)40(27(5)9-2)54-44(65)34(25-29-16-19-36(58)30(49)24-29)56(7)47(68)35(23-26(3)4)57-38(60)20-17-33(46(57)67)53-42(63)31(52-45(41)66)14-12-13-22-50/h16,19,24,26-28,31-35,38,40-41,58,60H,8-15,17-18,20-23,25,50H2,1-7H3,(H,51,59)(H,52,66)(H,53,63)(H,54,65)(H,55,64)(H,61,62). The fourth-order valence-electron chi connectivity index (χ4n) is 8.40. The van der Waals surface area contributed by atoms with Gasteiger partial charge in [-0.3, -0.25) is 38.4 Å². The smallest absolute Gasteiger partial charge is 0.329 e. The Morgan fingerprint density at radius 3 is 2.23 bits per heavy atom. The number of rotatable bonds is 20. The number of aromatic hydroxyl groups is 1. The molecule has 2 fully saturated rings. The molecule has 2 heterocycles. The fraction of sp³-hybridized carbons (Fsp3) is 0.688. The van der Waals surface area contributed by atoms with E-state index in [4.69, 9.17) is 22.1 Å². The lowest BCUT2D eigenvalue weighted by Gasteiger charge is -2.43. The van der Waals surface area contributed by atoms with E-state index in [1.165, 1.54) is 32.2 Å². The fourth-order valence-corrected chi connectivity index (χ4v) is 8.61. The molecule has 392 valence electrons. The van der Waals surface area contributed by atoms with Crippen LogP contribution in [0, 0.1) is 11.8 Å². The highest BCUT2D eigenvalue weighted by Gasteiger charge is 2.46. The quantitative estimate of drug-likeness (QED) is 0.0665. The summed E-state index contributed by atoms with van der Waals surface area (Å²) < 4.78 is 5.91. The van der Waals surface area contributed by atoms with E-state index < -0.39 is 120 Å². The number of carbonyl (C=O) groups is 9. The molecule has 1 aromatic carbocycles. The number of phenols is 1. The van der Waals surface area contributed by atoms with Gasteiger partial charge in [0.1, 0.15) is 60.4 Å². The van der Waals surface area contributed by atoms with E-state index in [-0.39, 0.29) is 68.2 Å². The first-order valence-electron chi connectivity index (χ1n) is 24.4. The van der Waals surface area contributed by atoms with E-state index in [1.54, 1.807) is 27.7 Å². The van der Waals surface area contributed by atoms with Gasteiger partial charge in [0, 0.05) is 26.3 Å². The van der Waals surface area contributed by atoms with Crippen molar-refractivity contribution in [2.45, 2.75) is 186 Å². The van der Waals surface area contributed by atoms with Crippen molar-refractivity contribution in [1.82, 2.24) is 36.4 Å². The molecule has 0 radical (unpaired) electrons. The average Bonchev–Trinajstić information content (AvgIpc) is 3.30. The van der Waals surface area contributed by atoms with E-state index in [1.807, 2.05) is 6.92 Å². The van der Waals surface area contributed by atoms with E-state index in [9.17, 15) is 58.5 Å². The number of unbranched alkanes of at least 4 members (excludes halogenated alkanes) is 3. The number of fused-ring (bicyclic) bond motifs is 2. The number of aliphatic hydroxyl groups is 1. The van der Waals surface area contributed by atoms with Crippen LogP contribution in [-0.2, 0) is 54.3 Å². The summed E-state index contributed by atoms with van der Waals surface area (Å²) in [6, 6.07) is -5.91. The number of likely N-dealkylation sites (N-methyl/N-ethyl adjacent to an activating group) is 1. The molecule has 1 aromatic rings. The normalized spacial score (nSPS) is 25.1. The number of esters is 1. The minimum Gasteiger partial charge on any atom is -0.506 e. The second-order valence-corrected chi connectivity index (χ2v) is 19.2. The van der Waals surface area contributed by atoms with Crippen molar-refractivity contribution in [2.75, 3.05) is 13.6 Å². The number of phenolic OH excluding ortho intramolecular Hbond substituents is 1. The molecule has 0 saturated carbocycles. The van der Waals surface area contributed by atoms with Crippen LogP contribution >= 0.6 is 11.6 Å². The maximum atomic E-state index is 14.9. The second-order valence-electron chi connectivity index (χ2n) is 18.8. The Morgan fingerprint density at radius 2 is 1.61 bits per heavy atom. The summed E-state index contributed by atoms with van der Waals surface area (Å²) in [5.74, 6) is -9.18. The van der Waals surface area contributed by atoms with Crippen molar-refractivity contribution in [2.24, 2.45) is 17.6 Å². The van der Waals surface area contributed by atoms with Crippen LogP contribution in [0.2, 0.25) is 5.02 Å². The molecule has 2 aliphatic heterocycles. The molecule has 21 nitrogen and oxygen atoms in total. The molecule has 2 bridgehead atoms. The molecule has 22 heteroatoms. The lowest BCUT2D eigenvalue weighted by Crippen LogP contribution is -2.65. The number of hydrogen-bond acceptors (Lipinski definition) is 13. The number of nitrogens with two attached hydrogens (primary N) is 1. The van der Waals surface area contributed by atoms with Gasteiger partial charge in [-0.2, -0.15) is 0 Å². The summed E-state index contributed by atoms with van der Waals surface area (Å²) in [4.78, 5) is 128. The number of carbonyl (C=O) groups excluding carboxylic acids is 8. The van der Waals surface area contributed by atoms with Crippen LogP contribution in [-0.4, -0.2) is 147 Å². The maximum absolute atomic E-state index is 14.9. The van der Waals surface area contributed by atoms with Crippen molar-refractivity contribution in [3.63, 3.8) is 0 Å². The number of benzene rings is 1. The summed E-state index contributed by atoms with van der Waals surface area (Å²) in [7, 11) is 1.34. The summed E-state index contributed by atoms with van der Waals surface area (Å²) in [6.07, 6.45) is -1.16. The van der Waals surface area contributed by atoms with E-state index in [0.29, 0.717) is 31.2 Å². The van der Waals surface area contributed by atoms with Crippen LogP contribution in [0.3, 0.4) is 0 Å². The Kier molecular flexibility index (Phi) is 23.8. The number of carboxylic acid groups (broad SMARTS) is 1.